The number of fused-ring (bicyclic) bond motifs is 1. The molecule has 0 bridgehead atoms. The van der Waals surface area contributed by atoms with Crippen LogP contribution < -0.4 is 13.9 Å². The van der Waals surface area contributed by atoms with Crippen molar-refractivity contribution in [3.8, 4) is 5.75 Å². The first-order valence-electron chi connectivity index (χ1n) is 9.42. The number of furan rings is 1. The predicted molar refractivity (Wildman–Crippen MR) is 117 cm³/mol. The first-order chi connectivity index (χ1) is 14.1. The van der Waals surface area contributed by atoms with Gasteiger partial charge in [-0.2, -0.15) is 0 Å². The van der Waals surface area contributed by atoms with Gasteiger partial charge in [0.2, 0.25) is 0 Å². The number of hydrogen-bond donors (Lipinski definition) is 1. The first-order valence-corrected chi connectivity index (χ1v) is 10.3. The summed E-state index contributed by atoms with van der Waals surface area (Å²) in [5.74, 6) is 0.915. The SMILES string of the molecule is Cc1cccnc1NC(=O)c1c(OI)c2c(n(Cc3ccco3)c1=O)CCCC2. The smallest absolute Gasteiger partial charge is 0.267 e. The molecule has 1 N–H and O–H groups in total. The third-order valence-electron chi connectivity index (χ3n) is 5.16. The summed E-state index contributed by atoms with van der Waals surface area (Å²) in [5, 5.41) is 2.76. The van der Waals surface area contributed by atoms with Crippen LogP contribution in [0.2, 0.25) is 0 Å². The fourth-order valence-corrected chi connectivity index (χ4v) is 4.22. The number of halogens is 1. The third-order valence-corrected chi connectivity index (χ3v) is 5.60. The van der Waals surface area contributed by atoms with Gasteiger partial charge in [-0.3, -0.25) is 9.59 Å². The molecule has 0 fully saturated rings. The number of nitrogens with one attached hydrogen (secondary N) is 1. The maximum atomic E-state index is 13.4. The minimum Gasteiger partial charge on any atom is -0.467 e. The summed E-state index contributed by atoms with van der Waals surface area (Å²) in [5.41, 5.74) is 2.25. The van der Waals surface area contributed by atoms with E-state index in [-0.39, 0.29) is 17.7 Å². The number of anilines is 1. The second-order valence-electron chi connectivity index (χ2n) is 7.01. The molecule has 0 spiro atoms. The van der Waals surface area contributed by atoms with Crippen molar-refractivity contribution in [2.24, 2.45) is 0 Å². The summed E-state index contributed by atoms with van der Waals surface area (Å²) in [7, 11) is 0. The minimum absolute atomic E-state index is 0.00309. The van der Waals surface area contributed by atoms with E-state index >= 15 is 0 Å². The number of amides is 1. The van der Waals surface area contributed by atoms with E-state index in [0.29, 0.717) is 17.3 Å². The molecule has 0 unspecified atom stereocenters. The predicted octanol–water partition coefficient (Wildman–Crippen LogP) is 4.05. The maximum Gasteiger partial charge on any atom is 0.267 e. The molecule has 3 aromatic heterocycles. The summed E-state index contributed by atoms with van der Waals surface area (Å²) in [6.07, 6.45) is 6.67. The Morgan fingerprint density at radius 1 is 1.31 bits per heavy atom. The Hall–Kier alpha value is -2.62. The molecule has 8 heteroatoms. The molecule has 0 aliphatic heterocycles. The Kier molecular flexibility index (Phi) is 5.70. The summed E-state index contributed by atoms with van der Waals surface area (Å²) >= 11 is 1.74. The van der Waals surface area contributed by atoms with Crippen LogP contribution >= 0.6 is 23.0 Å². The molecular formula is C21H20IN3O4. The highest BCUT2D eigenvalue weighted by Gasteiger charge is 2.29. The summed E-state index contributed by atoms with van der Waals surface area (Å²) in [6, 6.07) is 7.24. The summed E-state index contributed by atoms with van der Waals surface area (Å²) in [6.45, 7) is 2.12. The lowest BCUT2D eigenvalue weighted by atomic mass is 9.93. The number of aryl methyl sites for hydroxylation is 1. The second kappa shape index (κ2) is 8.40. The van der Waals surface area contributed by atoms with Crippen molar-refractivity contribution in [3.63, 3.8) is 0 Å². The first kappa shape index (κ1) is 19.7. The van der Waals surface area contributed by atoms with Crippen molar-refractivity contribution in [2.75, 3.05) is 5.32 Å². The quantitative estimate of drug-likeness (QED) is 0.529. The van der Waals surface area contributed by atoms with Crippen molar-refractivity contribution < 1.29 is 12.3 Å². The third kappa shape index (κ3) is 3.81. The molecule has 0 radical (unpaired) electrons. The van der Waals surface area contributed by atoms with Gasteiger partial charge in [0.05, 0.1) is 12.8 Å². The van der Waals surface area contributed by atoms with Crippen molar-refractivity contribution in [3.05, 3.63) is 75.2 Å². The molecule has 1 aliphatic carbocycles. The van der Waals surface area contributed by atoms with Crippen molar-refractivity contribution in [1.29, 1.82) is 0 Å². The van der Waals surface area contributed by atoms with Crippen LogP contribution in [-0.2, 0) is 19.4 Å². The number of rotatable bonds is 5. The molecule has 0 saturated carbocycles. The lowest BCUT2D eigenvalue weighted by molar-refractivity contribution is 0.102. The Balaban J connectivity index is 1.85. The molecule has 1 aliphatic rings. The van der Waals surface area contributed by atoms with Crippen molar-refractivity contribution in [2.45, 2.75) is 39.2 Å². The Morgan fingerprint density at radius 3 is 2.86 bits per heavy atom. The minimum atomic E-state index is -0.523. The zero-order valence-electron chi connectivity index (χ0n) is 15.9. The van der Waals surface area contributed by atoms with Gasteiger partial charge in [0, 0.05) is 17.5 Å². The van der Waals surface area contributed by atoms with E-state index in [9.17, 15) is 9.59 Å². The average Bonchev–Trinajstić information content (AvgIpc) is 3.24. The topological polar surface area (TPSA) is 86.4 Å². The van der Waals surface area contributed by atoms with E-state index in [2.05, 4.69) is 10.3 Å². The molecule has 29 heavy (non-hydrogen) atoms. The molecular weight excluding hydrogens is 485 g/mol. The van der Waals surface area contributed by atoms with Crippen LogP contribution in [0.1, 0.15) is 45.8 Å². The molecule has 4 rings (SSSR count). The zero-order valence-corrected chi connectivity index (χ0v) is 18.1. The van der Waals surface area contributed by atoms with Gasteiger partial charge in [0.1, 0.15) is 17.1 Å². The van der Waals surface area contributed by atoms with E-state index in [0.717, 1.165) is 42.5 Å². The highest BCUT2D eigenvalue weighted by molar-refractivity contribution is 14.1. The van der Waals surface area contributed by atoms with Gasteiger partial charge in [0.15, 0.2) is 28.8 Å². The van der Waals surface area contributed by atoms with Gasteiger partial charge >= 0.3 is 0 Å². The molecule has 3 aromatic rings. The molecule has 3 heterocycles. The highest BCUT2D eigenvalue weighted by Crippen LogP contribution is 2.33. The van der Waals surface area contributed by atoms with Gasteiger partial charge in [-0.15, -0.1) is 0 Å². The average molecular weight is 505 g/mol. The fraction of sp³-hybridized carbons (Fsp3) is 0.286. The van der Waals surface area contributed by atoms with Crippen molar-refractivity contribution >= 4 is 34.7 Å². The Labute approximate surface area is 181 Å². The fourth-order valence-electron chi connectivity index (χ4n) is 3.73. The monoisotopic (exact) mass is 505 g/mol. The van der Waals surface area contributed by atoms with E-state index in [4.69, 9.17) is 7.48 Å². The van der Waals surface area contributed by atoms with Gasteiger partial charge in [-0.05, 0) is 56.4 Å². The van der Waals surface area contributed by atoms with Crippen LogP contribution in [-0.4, -0.2) is 15.5 Å². The van der Waals surface area contributed by atoms with Crippen LogP contribution in [0.3, 0.4) is 0 Å². The second-order valence-corrected chi connectivity index (χ2v) is 7.45. The van der Waals surface area contributed by atoms with E-state index in [1.807, 2.05) is 19.1 Å². The van der Waals surface area contributed by atoms with E-state index in [1.54, 1.807) is 52.2 Å². The van der Waals surface area contributed by atoms with Gasteiger partial charge in [-0.25, -0.2) is 4.98 Å². The van der Waals surface area contributed by atoms with E-state index < -0.39 is 5.91 Å². The van der Waals surface area contributed by atoms with Gasteiger partial charge < -0.3 is 17.4 Å². The van der Waals surface area contributed by atoms with E-state index in [1.165, 1.54) is 0 Å². The van der Waals surface area contributed by atoms with Crippen LogP contribution in [0, 0.1) is 6.92 Å². The Bertz CT molecular complexity index is 1110. The number of pyridine rings is 2. The number of carbonyl (C=O) groups is 1. The molecule has 1 amide bonds. The number of aromatic nitrogens is 2. The van der Waals surface area contributed by atoms with Crippen molar-refractivity contribution in [1.82, 2.24) is 9.55 Å². The van der Waals surface area contributed by atoms with Gasteiger partial charge in [-0.1, -0.05) is 6.07 Å². The largest absolute Gasteiger partial charge is 0.467 e. The Morgan fingerprint density at radius 2 is 2.14 bits per heavy atom. The number of nitrogens with zero attached hydrogens (tertiary/aromatic N) is 2. The number of hydrogen-bond acceptors (Lipinski definition) is 5. The zero-order chi connectivity index (χ0) is 20.4. The maximum absolute atomic E-state index is 13.4. The molecule has 7 nitrogen and oxygen atoms in total. The van der Waals surface area contributed by atoms with Crippen LogP contribution in [0.15, 0.2) is 45.9 Å². The van der Waals surface area contributed by atoms with Crippen LogP contribution in [0.5, 0.6) is 5.75 Å². The lowest BCUT2D eigenvalue weighted by Gasteiger charge is -2.24. The number of carbonyl (C=O) groups excluding carboxylic acids is 1. The normalized spacial score (nSPS) is 13.0. The molecule has 0 atom stereocenters. The summed E-state index contributed by atoms with van der Waals surface area (Å²) < 4.78 is 12.7. The van der Waals surface area contributed by atoms with Gasteiger partial charge in [0.25, 0.3) is 11.5 Å². The molecule has 0 aromatic carbocycles. The lowest BCUT2D eigenvalue weighted by Crippen LogP contribution is -2.34. The highest BCUT2D eigenvalue weighted by atomic mass is 127. The van der Waals surface area contributed by atoms with Crippen LogP contribution in [0.4, 0.5) is 5.82 Å². The van der Waals surface area contributed by atoms with Crippen LogP contribution in [0.25, 0.3) is 0 Å². The standard InChI is InChI=1S/C21H20IN3O4/c1-13-6-4-10-23-19(13)24-20(26)17-18(29-22)15-8-2-3-9-16(15)25(21(17)27)12-14-7-5-11-28-14/h4-7,10-11H,2-3,8-9,12H2,1H3,(H,23,24,26). The molecule has 0 saturated heterocycles. The molecule has 150 valence electrons. The summed E-state index contributed by atoms with van der Waals surface area (Å²) in [4.78, 5) is 30.8.